The standard InChI is InChI=1S/C18H20N2S/c1-4-20-18(17-9-12(2)13(3)21-17)16-11-19-10-14-7-5-6-8-15(14)16/h5-11,18,20H,4H2,1-3H3. The van der Waals surface area contributed by atoms with Crippen molar-refractivity contribution in [2.24, 2.45) is 0 Å². The Morgan fingerprint density at radius 1 is 1.19 bits per heavy atom. The summed E-state index contributed by atoms with van der Waals surface area (Å²) in [5.41, 5.74) is 2.63. The van der Waals surface area contributed by atoms with Crippen LogP contribution >= 0.6 is 11.3 Å². The van der Waals surface area contributed by atoms with Crippen LogP contribution in [0.4, 0.5) is 0 Å². The molecule has 0 bridgehead atoms. The number of benzene rings is 1. The highest BCUT2D eigenvalue weighted by atomic mass is 32.1. The third-order valence-corrected chi connectivity index (χ3v) is 5.11. The molecule has 1 aromatic carbocycles. The third-order valence-electron chi connectivity index (χ3n) is 3.89. The Hall–Kier alpha value is -1.71. The van der Waals surface area contributed by atoms with Crippen LogP contribution in [0, 0.1) is 13.8 Å². The summed E-state index contributed by atoms with van der Waals surface area (Å²) in [6.45, 7) is 7.45. The van der Waals surface area contributed by atoms with Crippen molar-refractivity contribution in [1.82, 2.24) is 10.3 Å². The number of hydrogen-bond acceptors (Lipinski definition) is 3. The van der Waals surface area contributed by atoms with Crippen LogP contribution in [0.5, 0.6) is 0 Å². The Labute approximate surface area is 129 Å². The zero-order valence-corrected chi connectivity index (χ0v) is 13.5. The Kier molecular flexibility index (Phi) is 4.04. The summed E-state index contributed by atoms with van der Waals surface area (Å²) >= 11 is 1.88. The first-order valence-corrected chi connectivity index (χ1v) is 8.15. The monoisotopic (exact) mass is 296 g/mol. The quantitative estimate of drug-likeness (QED) is 0.760. The summed E-state index contributed by atoms with van der Waals surface area (Å²) < 4.78 is 0. The molecule has 0 amide bonds. The molecule has 0 spiro atoms. The predicted octanol–water partition coefficient (Wildman–Crippen LogP) is 4.61. The van der Waals surface area contributed by atoms with Crippen molar-refractivity contribution in [3.05, 3.63) is 63.6 Å². The van der Waals surface area contributed by atoms with E-state index in [9.17, 15) is 0 Å². The van der Waals surface area contributed by atoms with Crippen LogP contribution in [-0.4, -0.2) is 11.5 Å². The largest absolute Gasteiger partial charge is 0.306 e. The Balaban J connectivity index is 2.15. The first-order chi connectivity index (χ1) is 10.2. The summed E-state index contributed by atoms with van der Waals surface area (Å²) in [5.74, 6) is 0. The molecular weight excluding hydrogens is 276 g/mol. The SMILES string of the molecule is CCNC(c1cc(C)c(C)s1)c1cncc2ccccc12. The zero-order chi connectivity index (χ0) is 14.8. The molecule has 0 aliphatic rings. The summed E-state index contributed by atoms with van der Waals surface area (Å²) in [6.07, 6.45) is 3.94. The van der Waals surface area contributed by atoms with Crippen molar-refractivity contribution in [3.8, 4) is 0 Å². The van der Waals surface area contributed by atoms with Crippen molar-refractivity contribution in [1.29, 1.82) is 0 Å². The van der Waals surface area contributed by atoms with E-state index in [1.54, 1.807) is 0 Å². The number of rotatable bonds is 4. The van der Waals surface area contributed by atoms with Crippen LogP contribution in [0.3, 0.4) is 0 Å². The minimum atomic E-state index is 0.214. The number of thiophene rings is 1. The molecular formula is C18H20N2S. The average molecular weight is 296 g/mol. The van der Waals surface area contributed by atoms with Gasteiger partial charge in [-0.25, -0.2) is 0 Å². The minimum Gasteiger partial charge on any atom is -0.306 e. The van der Waals surface area contributed by atoms with E-state index in [0.29, 0.717) is 0 Å². The molecule has 1 atom stereocenters. The number of aromatic nitrogens is 1. The molecule has 21 heavy (non-hydrogen) atoms. The van der Waals surface area contributed by atoms with Gasteiger partial charge in [0, 0.05) is 33.1 Å². The molecule has 0 aliphatic carbocycles. The Morgan fingerprint density at radius 3 is 2.71 bits per heavy atom. The summed E-state index contributed by atoms with van der Waals surface area (Å²) in [6, 6.07) is 11.0. The maximum atomic E-state index is 4.44. The molecule has 1 unspecified atom stereocenters. The lowest BCUT2D eigenvalue weighted by Crippen LogP contribution is -2.21. The van der Waals surface area contributed by atoms with Crippen LogP contribution in [0.1, 0.15) is 33.8 Å². The van der Waals surface area contributed by atoms with Gasteiger partial charge in [0.05, 0.1) is 6.04 Å². The number of fused-ring (bicyclic) bond motifs is 1. The van der Waals surface area contributed by atoms with Gasteiger partial charge in [0.1, 0.15) is 0 Å². The zero-order valence-electron chi connectivity index (χ0n) is 12.7. The first kappa shape index (κ1) is 14.2. The van der Waals surface area contributed by atoms with Gasteiger partial charge < -0.3 is 5.32 Å². The van der Waals surface area contributed by atoms with E-state index in [1.165, 1.54) is 31.7 Å². The van der Waals surface area contributed by atoms with Crippen LogP contribution < -0.4 is 5.32 Å². The number of aryl methyl sites for hydroxylation is 2. The van der Waals surface area contributed by atoms with Crippen molar-refractivity contribution in [2.75, 3.05) is 6.54 Å². The number of nitrogens with one attached hydrogen (secondary N) is 1. The molecule has 2 heterocycles. The lowest BCUT2D eigenvalue weighted by molar-refractivity contribution is 0.641. The highest BCUT2D eigenvalue weighted by molar-refractivity contribution is 7.12. The second-order valence-corrected chi connectivity index (χ2v) is 6.62. The lowest BCUT2D eigenvalue weighted by Gasteiger charge is -2.18. The predicted molar refractivity (Wildman–Crippen MR) is 91.1 cm³/mol. The van der Waals surface area contributed by atoms with Gasteiger partial charge in [-0.15, -0.1) is 11.3 Å². The van der Waals surface area contributed by atoms with Gasteiger partial charge in [-0.1, -0.05) is 31.2 Å². The molecule has 3 rings (SSSR count). The van der Waals surface area contributed by atoms with Gasteiger partial charge in [0.15, 0.2) is 0 Å². The second-order valence-electron chi connectivity index (χ2n) is 5.33. The van der Waals surface area contributed by atoms with E-state index in [-0.39, 0.29) is 6.04 Å². The van der Waals surface area contributed by atoms with E-state index in [4.69, 9.17) is 0 Å². The smallest absolute Gasteiger partial charge is 0.0692 e. The molecule has 108 valence electrons. The summed E-state index contributed by atoms with van der Waals surface area (Å²) in [5, 5.41) is 6.10. The lowest BCUT2D eigenvalue weighted by atomic mass is 10.00. The van der Waals surface area contributed by atoms with Gasteiger partial charge >= 0.3 is 0 Å². The maximum Gasteiger partial charge on any atom is 0.0692 e. The van der Waals surface area contributed by atoms with E-state index in [1.807, 2.05) is 23.7 Å². The molecule has 3 aromatic rings. The molecule has 0 radical (unpaired) electrons. The minimum absolute atomic E-state index is 0.214. The van der Waals surface area contributed by atoms with E-state index >= 15 is 0 Å². The highest BCUT2D eigenvalue weighted by Gasteiger charge is 2.18. The third kappa shape index (κ3) is 2.71. The molecule has 0 saturated heterocycles. The van der Waals surface area contributed by atoms with Crippen molar-refractivity contribution < 1.29 is 0 Å². The van der Waals surface area contributed by atoms with Crippen LogP contribution in [0.25, 0.3) is 10.8 Å². The van der Waals surface area contributed by atoms with Gasteiger partial charge in [-0.3, -0.25) is 4.98 Å². The number of hydrogen-bond donors (Lipinski definition) is 1. The fourth-order valence-corrected chi connectivity index (χ4v) is 3.82. The first-order valence-electron chi connectivity index (χ1n) is 7.33. The van der Waals surface area contributed by atoms with Crippen molar-refractivity contribution in [3.63, 3.8) is 0 Å². The summed E-state index contributed by atoms with van der Waals surface area (Å²) in [7, 11) is 0. The summed E-state index contributed by atoms with van der Waals surface area (Å²) in [4.78, 5) is 7.19. The normalized spacial score (nSPS) is 12.7. The molecule has 0 fully saturated rings. The van der Waals surface area contributed by atoms with E-state index < -0.39 is 0 Å². The van der Waals surface area contributed by atoms with Gasteiger partial charge in [0.2, 0.25) is 0 Å². The molecule has 0 aliphatic heterocycles. The van der Waals surface area contributed by atoms with Crippen LogP contribution in [0.2, 0.25) is 0 Å². The Morgan fingerprint density at radius 2 is 2.00 bits per heavy atom. The Bertz CT molecular complexity index is 736. The topological polar surface area (TPSA) is 24.9 Å². The highest BCUT2D eigenvalue weighted by Crippen LogP contribution is 2.33. The van der Waals surface area contributed by atoms with Crippen molar-refractivity contribution in [2.45, 2.75) is 26.8 Å². The number of nitrogens with zero attached hydrogens (tertiary/aromatic N) is 1. The van der Waals surface area contributed by atoms with E-state index in [0.717, 1.165) is 6.54 Å². The molecule has 2 nitrogen and oxygen atoms in total. The average Bonchev–Trinajstić information content (AvgIpc) is 2.84. The van der Waals surface area contributed by atoms with E-state index in [2.05, 4.69) is 61.4 Å². The molecule has 0 saturated carbocycles. The fourth-order valence-electron chi connectivity index (χ4n) is 2.68. The van der Waals surface area contributed by atoms with Gasteiger partial charge in [0.25, 0.3) is 0 Å². The molecule has 2 aromatic heterocycles. The molecule has 3 heteroatoms. The maximum absolute atomic E-state index is 4.44. The second kappa shape index (κ2) is 5.96. The molecule has 1 N–H and O–H groups in total. The fraction of sp³-hybridized carbons (Fsp3) is 0.278. The van der Waals surface area contributed by atoms with Gasteiger partial charge in [-0.2, -0.15) is 0 Å². The van der Waals surface area contributed by atoms with Gasteiger partial charge in [-0.05, 0) is 37.4 Å². The number of pyridine rings is 1. The van der Waals surface area contributed by atoms with Crippen LogP contribution in [0.15, 0.2) is 42.7 Å². The van der Waals surface area contributed by atoms with Crippen molar-refractivity contribution >= 4 is 22.1 Å². The van der Waals surface area contributed by atoms with Crippen LogP contribution in [-0.2, 0) is 0 Å².